The molecule has 3 aromatic rings. The lowest BCUT2D eigenvalue weighted by Crippen LogP contribution is -2.41. The Balaban J connectivity index is 1.56. The summed E-state index contributed by atoms with van der Waals surface area (Å²) in [5, 5.41) is 6.67. The van der Waals surface area contributed by atoms with E-state index in [0.717, 1.165) is 54.6 Å². The molecule has 1 aromatic carbocycles. The molecule has 1 saturated heterocycles. The predicted octanol–water partition coefficient (Wildman–Crippen LogP) is 3.19. The van der Waals surface area contributed by atoms with E-state index in [1.165, 1.54) is 5.56 Å². The van der Waals surface area contributed by atoms with Crippen LogP contribution in [-0.2, 0) is 4.74 Å². The SMILES string of the molecule is COc1ccc(C(CNc2ncnc3sccc23)N2CCOCC2)cc1. The standard InChI is InChI=1S/C19H22N4O2S/c1-24-15-4-2-14(3-5-15)17(23-7-9-25-10-8-23)12-20-18-16-6-11-26-19(16)22-13-21-18/h2-6,11,13,17H,7-10,12H2,1H3,(H,20,21,22). The number of anilines is 1. The maximum atomic E-state index is 5.53. The Morgan fingerprint density at radius 2 is 2.00 bits per heavy atom. The fraction of sp³-hybridized carbons (Fsp3) is 0.368. The lowest BCUT2D eigenvalue weighted by atomic mass is 10.0. The van der Waals surface area contributed by atoms with E-state index in [9.17, 15) is 0 Å². The number of thiophene rings is 1. The van der Waals surface area contributed by atoms with Gasteiger partial charge in [-0.1, -0.05) is 12.1 Å². The Morgan fingerprint density at radius 3 is 2.77 bits per heavy atom. The van der Waals surface area contributed by atoms with Crippen molar-refractivity contribution < 1.29 is 9.47 Å². The van der Waals surface area contributed by atoms with E-state index >= 15 is 0 Å². The molecule has 0 saturated carbocycles. The van der Waals surface area contributed by atoms with Gasteiger partial charge in [-0.25, -0.2) is 9.97 Å². The Bertz CT molecular complexity index is 846. The topological polar surface area (TPSA) is 59.5 Å². The van der Waals surface area contributed by atoms with Crippen LogP contribution in [0.1, 0.15) is 11.6 Å². The van der Waals surface area contributed by atoms with Gasteiger partial charge in [0.1, 0.15) is 22.7 Å². The van der Waals surface area contributed by atoms with E-state index in [1.54, 1.807) is 24.8 Å². The number of morpholine rings is 1. The van der Waals surface area contributed by atoms with Crippen LogP contribution in [0.2, 0.25) is 0 Å². The minimum absolute atomic E-state index is 0.244. The van der Waals surface area contributed by atoms with Crippen molar-refractivity contribution in [2.24, 2.45) is 0 Å². The van der Waals surface area contributed by atoms with Crippen LogP contribution in [-0.4, -0.2) is 54.8 Å². The van der Waals surface area contributed by atoms with Crippen molar-refractivity contribution in [2.75, 3.05) is 45.3 Å². The summed E-state index contributed by atoms with van der Waals surface area (Å²) in [5.74, 6) is 1.77. The van der Waals surface area contributed by atoms with E-state index in [0.29, 0.717) is 0 Å². The normalized spacial score (nSPS) is 16.5. The molecule has 0 radical (unpaired) electrons. The third kappa shape index (κ3) is 3.65. The molecule has 0 aliphatic carbocycles. The van der Waals surface area contributed by atoms with Crippen molar-refractivity contribution in [3.63, 3.8) is 0 Å². The molecule has 26 heavy (non-hydrogen) atoms. The molecule has 7 heteroatoms. The fourth-order valence-electron chi connectivity index (χ4n) is 3.30. The van der Waals surface area contributed by atoms with Gasteiger partial charge in [0.25, 0.3) is 0 Å². The van der Waals surface area contributed by atoms with Gasteiger partial charge in [-0.2, -0.15) is 0 Å². The lowest BCUT2D eigenvalue weighted by Gasteiger charge is -2.35. The molecule has 1 atom stereocenters. The maximum absolute atomic E-state index is 5.53. The second-order valence-electron chi connectivity index (χ2n) is 6.18. The molecule has 1 aliphatic heterocycles. The molecule has 4 rings (SSSR count). The molecule has 3 heterocycles. The summed E-state index contributed by atoms with van der Waals surface area (Å²) in [6.07, 6.45) is 1.62. The molecule has 0 bridgehead atoms. The number of fused-ring (bicyclic) bond motifs is 1. The van der Waals surface area contributed by atoms with Gasteiger partial charge in [0.2, 0.25) is 0 Å². The first kappa shape index (κ1) is 17.2. The number of nitrogens with one attached hydrogen (secondary N) is 1. The quantitative estimate of drug-likeness (QED) is 0.719. The first-order valence-electron chi connectivity index (χ1n) is 8.73. The molecule has 1 unspecified atom stereocenters. The van der Waals surface area contributed by atoms with Crippen LogP contribution < -0.4 is 10.1 Å². The zero-order valence-corrected chi connectivity index (χ0v) is 15.5. The number of aromatic nitrogens is 2. The summed E-state index contributed by atoms with van der Waals surface area (Å²) < 4.78 is 10.8. The summed E-state index contributed by atoms with van der Waals surface area (Å²) in [4.78, 5) is 12.2. The van der Waals surface area contributed by atoms with Crippen LogP contribution in [0.15, 0.2) is 42.0 Å². The Kier molecular flexibility index (Phi) is 5.29. The molecule has 1 aliphatic rings. The zero-order chi connectivity index (χ0) is 17.8. The lowest BCUT2D eigenvalue weighted by molar-refractivity contribution is 0.0187. The third-order valence-electron chi connectivity index (χ3n) is 4.71. The minimum atomic E-state index is 0.244. The predicted molar refractivity (Wildman–Crippen MR) is 104 cm³/mol. The van der Waals surface area contributed by atoms with Gasteiger partial charge in [-0.05, 0) is 29.1 Å². The number of hydrogen-bond acceptors (Lipinski definition) is 7. The second kappa shape index (κ2) is 7.99. The van der Waals surface area contributed by atoms with Crippen molar-refractivity contribution in [2.45, 2.75) is 6.04 Å². The highest BCUT2D eigenvalue weighted by molar-refractivity contribution is 7.16. The van der Waals surface area contributed by atoms with Crippen molar-refractivity contribution in [3.05, 3.63) is 47.6 Å². The average Bonchev–Trinajstić information content (AvgIpc) is 3.19. The van der Waals surface area contributed by atoms with Crippen molar-refractivity contribution in [1.29, 1.82) is 0 Å². The summed E-state index contributed by atoms with van der Waals surface area (Å²) >= 11 is 1.63. The molecule has 6 nitrogen and oxygen atoms in total. The van der Waals surface area contributed by atoms with E-state index < -0.39 is 0 Å². The molecule has 0 amide bonds. The van der Waals surface area contributed by atoms with Crippen LogP contribution in [0.25, 0.3) is 10.2 Å². The first-order chi connectivity index (χ1) is 12.8. The molecule has 136 valence electrons. The zero-order valence-electron chi connectivity index (χ0n) is 14.7. The minimum Gasteiger partial charge on any atom is -0.497 e. The van der Waals surface area contributed by atoms with Crippen molar-refractivity contribution in [3.8, 4) is 5.75 Å². The number of nitrogens with zero attached hydrogens (tertiary/aromatic N) is 3. The summed E-state index contributed by atoms with van der Waals surface area (Å²) in [5.41, 5.74) is 1.26. The third-order valence-corrected chi connectivity index (χ3v) is 5.53. The molecule has 1 fully saturated rings. The molecule has 2 aromatic heterocycles. The van der Waals surface area contributed by atoms with Crippen LogP contribution >= 0.6 is 11.3 Å². The summed E-state index contributed by atoms with van der Waals surface area (Å²) in [6.45, 7) is 4.17. The van der Waals surface area contributed by atoms with Gasteiger partial charge >= 0.3 is 0 Å². The van der Waals surface area contributed by atoms with Crippen LogP contribution in [0.3, 0.4) is 0 Å². The smallest absolute Gasteiger partial charge is 0.138 e. The van der Waals surface area contributed by atoms with E-state index in [2.05, 4.69) is 38.4 Å². The van der Waals surface area contributed by atoms with E-state index in [1.807, 2.05) is 17.5 Å². The van der Waals surface area contributed by atoms with Crippen molar-refractivity contribution in [1.82, 2.24) is 14.9 Å². The monoisotopic (exact) mass is 370 g/mol. The molecular weight excluding hydrogens is 348 g/mol. The number of rotatable bonds is 6. The Hall–Kier alpha value is -2.22. The highest BCUT2D eigenvalue weighted by atomic mass is 32.1. The fourth-order valence-corrected chi connectivity index (χ4v) is 4.03. The van der Waals surface area contributed by atoms with E-state index in [-0.39, 0.29) is 6.04 Å². The van der Waals surface area contributed by atoms with Gasteiger partial charge in [-0.15, -0.1) is 11.3 Å². The van der Waals surface area contributed by atoms with Crippen molar-refractivity contribution >= 4 is 27.4 Å². The van der Waals surface area contributed by atoms with Gasteiger partial charge in [-0.3, -0.25) is 4.90 Å². The Morgan fingerprint density at radius 1 is 1.19 bits per heavy atom. The number of hydrogen-bond donors (Lipinski definition) is 1. The van der Waals surface area contributed by atoms with E-state index in [4.69, 9.17) is 9.47 Å². The number of methoxy groups -OCH3 is 1. The molecule has 1 N–H and O–H groups in total. The van der Waals surface area contributed by atoms with Gasteiger partial charge in [0, 0.05) is 19.6 Å². The van der Waals surface area contributed by atoms with Gasteiger partial charge in [0.15, 0.2) is 0 Å². The number of benzene rings is 1. The highest BCUT2D eigenvalue weighted by Gasteiger charge is 2.23. The van der Waals surface area contributed by atoms with Crippen LogP contribution in [0.4, 0.5) is 5.82 Å². The molecular formula is C19H22N4O2S. The summed E-state index contributed by atoms with van der Waals surface area (Å²) in [6, 6.07) is 10.6. The Labute approximate surface area is 156 Å². The summed E-state index contributed by atoms with van der Waals surface area (Å²) in [7, 11) is 1.69. The average molecular weight is 370 g/mol. The van der Waals surface area contributed by atoms with Crippen LogP contribution in [0.5, 0.6) is 5.75 Å². The van der Waals surface area contributed by atoms with Gasteiger partial charge < -0.3 is 14.8 Å². The first-order valence-corrected chi connectivity index (χ1v) is 9.61. The van der Waals surface area contributed by atoms with Crippen LogP contribution in [0, 0.1) is 0 Å². The molecule has 0 spiro atoms. The number of ether oxygens (including phenoxy) is 2. The highest BCUT2D eigenvalue weighted by Crippen LogP contribution is 2.27. The van der Waals surface area contributed by atoms with Gasteiger partial charge in [0.05, 0.1) is 31.8 Å². The second-order valence-corrected chi connectivity index (χ2v) is 7.07. The largest absolute Gasteiger partial charge is 0.497 e. The maximum Gasteiger partial charge on any atom is 0.138 e.